The zero-order valence-corrected chi connectivity index (χ0v) is 12.8. The Bertz CT molecular complexity index is 709. The predicted octanol–water partition coefficient (Wildman–Crippen LogP) is 3.56. The summed E-state index contributed by atoms with van der Waals surface area (Å²) in [5.41, 5.74) is -1.55. The van der Waals surface area contributed by atoms with Crippen molar-refractivity contribution < 1.29 is 27.5 Å². The molecule has 0 bridgehead atoms. The molecule has 2 aromatic rings. The monoisotopic (exact) mass is 336 g/mol. The van der Waals surface area contributed by atoms with Crippen LogP contribution < -0.4 is 0 Å². The highest BCUT2D eigenvalue weighted by Crippen LogP contribution is 2.32. The molecule has 6 heteroatoms. The fourth-order valence-corrected chi connectivity index (χ4v) is 2.50. The van der Waals surface area contributed by atoms with Crippen LogP contribution in [0, 0.1) is 0 Å². The van der Waals surface area contributed by atoms with Crippen LogP contribution in [0.3, 0.4) is 0 Å². The van der Waals surface area contributed by atoms with Crippen molar-refractivity contribution in [2.24, 2.45) is 0 Å². The second-order valence-electron chi connectivity index (χ2n) is 5.32. The van der Waals surface area contributed by atoms with Crippen LogP contribution in [0.1, 0.15) is 16.7 Å². The van der Waals surface area contributed by atoms with Gasteiger partial charge in [0.25, 0.3) is 0 Å². The summed E-state index contributed by atoms with van der Waals surface area (Å²) < 4.78 is 42.7. The lowest BCUT2D eigenvalue weighted by Gasteiger charge is -2.26. The van der Waals surface area contributed by atoms with Gasteiger partial charge in [-0.25, -0.2) is 0 Å². The highest BCUT2D eigenvalue weighted by Gasteiger charge is 2.41. The van der Waals surface area contributed by atoms with Crippen molar-refractivity contribution in [3.8, 4) is 0 Å². The number of aldehydes is 1. The summed E-state index contributed by atoms with van der Waals surface area (Å²) in [5.74, 6) is -0.761. The number of benzene rings is 2. The van der Waals surface area contributed by atoms with Crippen molar-refractivity contribution in [3.63, 3.8) is 0 Å². The van der Waals surface area contributed by atoms with Gasteiger partial charge in [-0.1, -0.05) is 42.5 Å². The lowest BCUT2D eigenvalue weighted by atomic mass is 9.76. The first-order valence-corrected chi connectivity index (χ1v) is 7.10. The van der Waals surface area contributed by atoms with Crippen molar-refractivity contribution in [2.45, 2.75) is 18.0 Å². The van der Waals surface area contributed by atoms with Crippen LogP contribution in [0.15, 0.2) is 54.6 Å². The quantitative estimate of drug-likeness (QED) is 0.476. The Labute approximate surface area is 137 Å². The number of methoxy groups -OCH3 is 1. The summed E-state index contributed by atoms with van der Waals surface area (Å²) in [6.45, 7) is 0. The van der Waals surface area contributed by atoms with Crippen LogP contribution in [-0.4, -0.2) is 19.4 Å². The van der Waals surface area contributed by atoms with E-state index in [4.69, 9.17) is 4.74 Å². The molecule has 2 rings (SSSR count). The molecule has 24 heavy (non-hydrogen) atoms. The number of esters is 1. The molecule has 0 aliphatic heterocycles. The standard InChI is InChI=1S/C18H15F3O3/c1-24-16(23)17(12-22,14-5-3-2-4-6-14)11-13-7-9-15(10-8-13)18(19,20)21/h2-10,12H,11H2,1H3/t17-/m0/s1. The summed E-state index contributed by atoms with van der Waals surface area (Å²) >= 11 is 0. The van der Waals surface area contributed by atoms with E-state index in [-0.39, 0.29) is 6.42 Å². The molecule has 0 saturated heterocycles. The highest BCUT2D eigenvalue weighted by molar-refractivity contribution is 6.00. The van der Waals surface area contributed by atoms with Gasteiger partial charge in [0.2, 0.25) is 0 Å². The van der Waals surface area contributed by atoms with Gasteiger partial charge in [-0.05, 0) is 29.7 Å². The topological polar surface area (TPSA) is 43.4 Å². The Morgan fingerprint density at radius 2 is 1.58 bits per heavy atom. The summed E-state index contributed by atoms with van der Waals surface area (Å²) in [6, 6.07) is 12.6. The normalized spacial score (nSPS) is 13.8. The minimum Gasteiger partial charge on any atom is -0.468 e. The number of halogens is 3. The Kier molecular flexibility index (Phi) is 5.07. The minimum atomic E-state index is -4.44. The molecule has 2 aromatic carbocycles. The molecule has 0 spiro atoms. The van der Waals surface area contributed by atoms with Gasteiger partial charge in [-0.2, -0.15) is 13.2 Å². The lowest BCUT2D eigenvalue weighted by molar-refractivity contribution is -0.149. The minimum absolute atomic E-state index is 0.0919. The molecule has 0 saturated carbocycles. The third-order valence-corrected chi connectivity index (χ3v) is 3.80. The molecule has 0 radical (unpaired) electrons. The number of carbonyl (C=O) groups excluding carboxylic acids is 2. The summed E-state index contributed by atoms with van der Waals surface area (Å²) in [6.07, 6.45) is -4.06. The van der Waals surface area contributed by atoms with Gasteiger partial charge < -0.3 is 9.53 Å². The predicted molar refractivity (Wildman–Crippen MR) is 81.3 cm³/mol. The molecule has 0 amide bonds. The Morgan fingerprint density at radius 1 is 1.00 bits per heavy atom. The van der Waals surface area contributed by atoms with Crippen molar-refractivity contribution in [3.05, 3.63) is 71.3 Å². The zero-order chi connectivity index (χ0) is 17.8. The van der Waals surface area contributed by atoms with Gasteiger partial charge in [0, 0.05) is 0 Å². The van der Waals surface area contributed by atoms with Gasteiger partial charge in [0.15, 0.2) is 5.41 Å². The van der Waals surface area contributed by atoms with Crippen LogP contribution >= 0.6 is 0 Å². The first kappa shape index (κ1) is 17.7. The molecule has 0 fully saturated rings. The number of hydrogen-bond donors (Lipinski definition) is 0. The van der Waals surface area contributed by atoms with Crippen molar-refractivity contribution in [1.29, 1.82) is 0 Å². The zero-order valence-electron chi connectivity index (χ0n) is 12.8. The van der Waals surface area contributed by atoms with E-state index in [1.54, 1.807) is 30.3 Å². The molecule has 126 valence electrons. The molecule has 1 atom stereocenters. The molecule has 0 N–H and O–H groups in total. The third-order valence-electron chi connectivity index (χ3n) is 3.80. The average Bonchev–Trinajstić information content (AvgIpc) is 2.59. The lowest BCUT2D eigenvalue weighted by Crippen LogP contribution is -2.40. The van der Waals surface area contributed by atoms with Gasteiger partial charge in [-0.15, -0.1) is 0 Å². The first-order chi connectivity index (χ1) is 11.3. The third kappa shape index (κ3) is 3.48. The fourth-order valence-electron chi connectivity index (χ4n) is 2.50. The molecule has 0 heterocycles. The van der Waals surface area contributed by atoms with Crippen LogP contribution in [-0.2, 0) is 32.3 Å². The van der Waals surface area contributed by atoms with E-state index in [0.717, 1.165) is 19.2 Å². The van der Waals surface area contributed by atoms with Gasteiger partial charge in [0.1, 0.15) is 6.29 Å². The van der Waals surface area contributed by atoms with E-state index in [1.165, 1.54) is 12.1 Å². The largest absolute Gasteiger partial charge is 0.468 e. The van der Waals surface area contributed by atoms with Gasteiger partial charge in [0.05, 0.1) is 12.7 Å². The number of carbonyl (C=O) groups is 2. The Morgan fingerprint density at radius 3 is 2.04 bits per heavy atom. The van der Waals surface area contributed by atoms with E-state index in [2.05, 4.69) is 0 Å². The van der Waals surface area contributed by atoms with Crippen molar-refractivity contribution >= 4 is 12.3 Å². The molecule has 0 aliphatic rings. The van der Waals surface area contributed by atoms with Crippen LogP contribution in [0.25, 0.3) is 0 Å². The summed E-state index contributed by atoms with van der Waals surface area (Å²) in [5, 5.41) is 0. The summed E-state index contributed by atoms with van der Waals surface area (Å²) in [4.78, 5) is 24.0. The molecule has 0 aromatic heterocycles. The molecular weight excluding hydrogens is 321 g/mol. The van der Waals surface area contributed by atoms with E-state index in [9.17, 15) is 22.8 Å². The van der Waals surface area contributed by atoms with E-state index < -0.39 is 23.1 Å². The Hall–Kier alpha value is -2.63. The number of ether oxygens (including phenoxy) is 1. The van der Waals surface area contributed by atoms with E-state index in [0.29, 0.717) is 17.4 Å². The average molecular weight is 336 g/mol. The highest BCUT2D eigenvalue weighted by atomic mass is 19.4. The van der Waals surface area contributed by atoms with Crippen molar-refractivity contribution in [1.82, 2.24) is 0 Å². The number of hydrogen-bond acceptors (Lipinski definition) is 3. The van der Waals surface area contributed by atoms with Crippen LogP contribution in [0.5, 0.6) is 0 Å². The molecular formula is C18H15F3O3. The SMILES string of the molecule is COC(=O)[C@](C=O)(Cc1ccc(C(F)(F)F)cc1)c1ccccc1. The van der Waals surface area contributed by atoms with E-state index >= 15 is 0 Å². The molecule has 3 nitrogen and oxygen atoms in total. The smallest absolute Gasteiger partial charge is 0.416 e. The summed E-state index contributed by atoms with van der Waals surface area (Å²) in [7, 11) is 1.16. The second kappa shape index (κ2) is 6.86. The second-order valence-corrected chi connectivity index (χ2v) is 5.32. The Balaban J connectivity index is 2.43. The van der Waals surface area contributed by atoms with Crippen LogP contribution in [0.2, 0.25) is 0 Å². The van der Waals surface area contributed by atoms with Crippen molar-refractivity contribution in [2.75, 3.05) is 7.11 Å². The van der Waals surface area contributed by atoms with E-state index in [1.807, 2.05) is 0 Å². The number of alkyl halides is 3. The maximum Gasteiger partial charge on any atom is 0.416 e. The molecule has 0 unspecified atom stereocenters. The molecule has 0 aliphatic carbocycles. The first-order valence-electron chi connectivity index (χ1n) is 7.10. The maximum absolute atomic E-state index is 12.6. The maximum atomic E-state index is 12.6. The van der Waals surface area contributed by atoms with Crippen LogP contribution in [0.4, 0.5) is 13.2 Å². The number of rotatable bonds is 5. The fraction of sp³-hybridized carbons (Fsp3) is 0.222. The van der Waals surface area contributed by atoms with Gasteiger partial charge >= 0.3 is 12.1 Å². The van der Waals surface area contributed by atoms with Gasteiger partial charge in [-0.3, -0.25) is 4.79 Å².